The molecule has 0 saturated heterocycles. The van der Waals surface area contributed by atoms with Gasteiger partial charge in [-0.1, -0.05) is 69.9 Å². The maximum Gasteiger partial charge on any atom is 0.326 e. The molecule has 5 nitrogen and oxygen atoms in total. The summed E-state index contributed by atoms with van der Waals surface area (Å²) in [6, 6.07) is 14.0. The van der Waals surface area contributed by atoms with Gasteiger partial charge in [0, 0.05) is 17.6 Å². The normalized spacial score (nSPS) is 16.5. The molecule has 3 atom stereocenters. The molecule has 1 aliphatic rings. The van der Waals surface area contributed by atoms with Crippen LogP contribution in [-0.2, 0) is 4.79 Å². The van der Waals surface area contributed by atoms with Gasteiger partial charge in [0.2, 0.25) is 0 Å². The summed E-state index contributed by atoms with van der Waals surface area (Å²) in [7, 11) is 0. The summed E-state index contributed by atoms with van der Waals surface area (Å²) >= 11 is 1.58. The number of aryl methyl sites for hydroxylation is 1. The molecule has 3 rings (SSSR count). The van der Waals surface area contributed by atoms with Crippen molar-refractivity contribution in [3.63, 3.8) is 0 Å². The van der Waals surface area contributed by atoms with E-state index < -0.39 is 12.0 Å². The Morgan fingerprint density at radius 3 is 2.39 bits per heavy atom. The van der Waals surface area contributed by atoms with Crippen molar-refractivity contribution >= 4 is 23.6 Å². The van der Waals surface area contributed by atoms with Crippen LogP contribution in [0.3, 0.4) is 0 Å². The van der Waals surface area contributed by atoms with Gasteiger partial charge in [-0.3, -0.25) is 4.79 Å². The number of carbonyl (C=O) groups excluding carboxylic acids is 1. The van der Waals surface area contributed by atoms with E-state index >= 15 is 0 Å². The minimum absolute atomic E-state index is 0.196. The highest BCUT2D eigenvalue weighted by molar-refractivity contribution is 7.98. The predicted molar refractivity (Wildman–Crippen MR) is 160 cm³/mol. The number of aliphatic carboxylic acids is 1. The average Bonchev–Trinajstić information content (AvgIpc) is 2.93. The summed E-state index contributed by atoms with van der Waals surface area (Å²) in [6.45, 7) is 6.54. The number of hydrogen-bond donors (Lipinski definition) is 3. The Morgan fingerprint density at radius 2 is 1.76 bits per heavy atom. The predicted octanol–water partition coefficient (Wildman–Crippen LogP) is 7.39. The number of rotatable bonds is 14. The summed E-state index contributed by atoms with van der Waals surface area (Å²) in [5, 5.41) is 16.5. The first-order valence-electron chi connectivity index (χ1n) is 14.4. The molecule has 1 fully saturated rings. The number of carbonyl (C=O) groups is 2. The first kappa shape index (κ1) is 30.2. The summed E-state index contributed by atoms with van der Waals surface area (Å²) in [5.41, 5.74) is 4.64. The zero-order valence-corrected chi connectivity index (χ0v) is 24.4. The lowest BCUT2D eigenvalue weighted by atomic mass is 9.81. The van der Waals surface area contributed by atoms with Crippen molar-refractivity contribution < 1.29 is 14.7 Å². The molecule has 0 heterocycles. The molecule has 2 aromatic carbocycles. The fourth-order valence-corrected chi connectivity index (χ4v) is 6.29. The van der Waals surface area contributed by atoms with E-state index in [1.165, 1.54) is 50.5 Å². The molecule has 0 aliphatic heterocycles. The molecule has 0 aromatic heterocycles. The van der Waals surface area contributed by atoms with Crippen molar-refractivity contribution in [1.29, 1.82) is 0 Å². The van der Waals surface area contributed by atoms with Gasteiger partial charge in [-0.25, -0.2) is 4.79 Å². The highest BCUT2D eigenvalue weighted by atomic mass is 32.2. The number of nitrogens with one attached hydrogen (secondary N) is 2. The van der Waals surface area contributed by atoms with Gasteiger partial charge in [0.1, 0.15) is 6.04 Å². The molecule has 3 unspecified atom stereocenters. The molecule has 2 aromatic rings. The fraction of sp³-hybridized carbons (Fsp3) is 0.562. The van der Waals surface area contributed by atoms with Gasteiger partial charge < -0.3 is 15.7 Å². The highest BCUT2D eigenvalue weighted by Crippen LogP contribution is 2.33. The molecule has 1 saturated carbocycles. The van der Waals surface area contributed by atoms with Crippen LogP contribution in [0, 0.1) is 12.8 Å². The smallest absolute Gasteiger partial charge is 0.326 e. The van der Waals surface area contributed by atoms with E-state index in [9.17, 15) is 14.7 Å². The standard InChI is InChI=1S/C32H46N2O3S/c1-5-12-29(23-14-8-7-9-15-23)33-28(6-2)24-17-18-26(27(21-24)25-16-11-10-13-22(25)3)31(35)34-30(32(36)37)19-20-38-4/h10-11,13,16-18,21,23,28-30,33H,5-9,12,14-15,19-20H2,1-4H3,(H,34,35)(H,36,37). The van der Waals surface area contributed by atoms with Gasteiger partial charge in [-0.05, 0) is 91.3 Å². The molecule has 38 heavy (non-hydrogen) atoms. The number of benzene rings is 2. The molecular formula is C32H46N2O3S. The lowest BCUT2D eigenvalue weighted by Gasteiger charge is -2.34. The Kier molecular flexibility index (Phi) is 12.2. The first-order valence-corrected chi connectivity index (χ1v) is 15.8. The summed E-state index contributed by atoms with van der Waals surface area (Å²) in [6.07, 6.45) is 12.3. The Labute approximate surface area is 233 Å². The Bertz CT molecular complexity index is 1050. The van der Waals surface area contributed by atoms with E-state index in [1.807, 2.05) is 30.5 Å². The zero-order valence-electron chi connectivity index (χ0n) is 23.6. The van der Waals surface area contributed by atoms with Gasteiger partial charge in [0.05, 0.1) is 0 Å². The fourth-order valence-electron chi connectivity index (χ4n) is 5.81. The largest absolute Gasteiger partial charge is 0.480 e. The molecule has 208 valence electrons. The van der Waals surface area contributed by atoms with Gasteiger partial charge >= 0.3 is 5.97 Å². The van der Waals surface area contributed by atoms with Crippen LogP contribution in [0.2, 0.25) is 0 Å². The van der Waals surface area contributed by atoms with Gasteiger partial charge in [0.25, 0.3) is 5.91 Å². The van der Waals surface area contributed by atoms with Crippen molar-refractivity contribution in [2.24, 2.45) is 5.92 Å². The Morgan fingerprint density at radius 1 is 1.03 bits per heavy atom. The molecular weight excluding hydrogens is 492 g/mol. The molecule has 3 N–H and O–H groups in total. The quantitative estimate of drug-likeness (QED) is 0.234. The van der Waals surface area contributed by atoms with Crippen LogP contribution in [0.5, 0.6) is 0 Å². The second-order valence-corrected chi connectivity index (χ2v) is 11.7. The second-order valence-electron chi connectivity index (χ2n) is 10.7. The van der Waals surface area contributed by atoms with E-state index in [0.717, 1.165) is 29.0 Å². The third kappa shape index (κ3) is 8.09. The maximum absolute atomic E-state index is 13.5. The average molecular weight is 539 g/mol. The number of carboxylic acids is 1. The van der Waals surface area contributed by atoms with Crippen molar-refractivity contribution in [3.8, 4) is 11.1 Å². The van der Waals surface area contributed by atoms with Crippen LogP contribution < -0.4 is 10.6 Å². The lowest BCUT2D eigenvalue weighted by Crippen LogP contribution is -2.41. The molecule has 0 radical (unpaired) electrons. The minimum atomic E-state index is -0.999. The van der Waals surface area contributed by atoms with Crippen LogP contribution in [0.1, 0.15) is 99.2 Å². The third-order valence-corrected chi connectivity index (χ3v) is 8.63. The molecule has 1 amide bonds. The third-order valence-electron chi connectivity index (χ3n) is 7.98. The Hall–Kier alpha value is -2.31. The van der Waals surface area contributed by atoms with Gasteiger partial charge in [-0.2, -0.15) is 11.8 Å². The maximum atomic E-state index is 13.5. The van der Waals surface area contributed by atoms with Crippen LogP contribution in [0.15, 0.2) is 42.5 Å². The van der Waals surface area contributed by atoms with Crippen molar-refractivity contribution in [2.75, 3.05) is 12.0 Å². The monoisotopic (exact) mass is 538 g/mol. The van der Waals surface area contributed by atoms with Crippen molar-refractivity contribution in [1.82, 2.24) is 10.6 Å². The second kappa shape index (κ2) is 15.3. The molecule has 0 spiro atoms. The van der Waals surface area contributed by atoms with E-state index in [0.29, 0.717) is 23.8 Å². The van der Waals surface area contributed by atoms with Crippen LogP contribution >= 0.6 is 11.8 Å². The lowest BCUT2D eigenvalue weighted by molar-refractivity contribution is -0.139. The van der Waals surface area contributed by atoms with Gasteiger partial charge in [-0.15, -0.1) is 0 Å². The van der Waals surface area contributed by atoms with Crippen molar-refractivity contribution in [3.05, 3.63) is 59.2 Å². The number of amides is 1. The number of carboxylic acid groups (broad SMARTS) is 1. The van der Waals surface area contributed by atoms with Gasteiger partial charge in [0.15, 0.2) is 0 Å². The molecule has 6 heteroatoms. The van der Waals surface area contributed by atoms with Crippen LogP contribution in [0.25, 0.3) is 11.1 Å². The summed E-state index contributed by atoms with van der Waals surface area (Å²) in [4.78, 5) is 25.3. The summed E-state index contributed by atoms with van der Waals surface area (Å²) < 4.78 is 0. The SMILES string of the molecule is CCCC(NC(CC)c1ccc(C(=O)NC(CCSC)C(=O)O)c(-c2ccccc2C)c1)C1CCCCC1. The van der Waals surface area contributed by atoms with E-state index in [2.05, 4.69) is 49.6 Å². The Balaban J connectivity index is 1.95. The van der Waals surface area contributed by atoms with E-state index in [-0.39, 0.29) is 11.9 Å². The number of hydrogen-bond acceptors (Lipinski definition) is 4. The van der Waals surface area contributed by atoms with Crippen LogP contribution in [-0.4, -0.2) is 41.1 Å². The summed E-state index contributed by atoms with van der Waals surface area (Å²) in [5.74, 6) is 0.0644. The van der Waals surface area contributed by atoms with E-state index in [4.69, 9.17) is 0 Å². The minimum Gasteiger partial charge on any atom is -0.480 e. The number of thioether (sulfide) groups is 1. The molecule has 0 bridgehead atoms. The van der Waals surface area contributed by atoms with E-state index in [1.54, 1.807) is 11.8 Å². The van der Waals surface area contributed by atoms with Crippen molar-refractivity contribution in [2.45, 2.75) is 96.7 Å². The van der Waals surface area contributed by atoms with Crippen LogP contribution in [0.4, 0.5) is 0 Å². The topological polar surface area (TPSA) is 78.4 Å². The molecule has 1 aliphatic carbocycles. The zero-order chi connectivity index (χ0) is 27.5. The first-order chi connectivity index (χ1) is 18.4. The highest BCUT2D eigenvalue weighted by Gasteiger charge is 2.27.